The predicted octanol–water partition coefficient (Wildman–Crippen LogP) is 4.67. The van der Waals surface area contributed by atoms with Crippen LogP contribution in [0.5, 0.6) is 11.5 Å². The lowest BCUT2D eigenvalue weighted by molar-refractivity contribution is -0.117. The number of hydrogen-bond donors (Lipinski definition) is 2. The zero-order chi connectivity index (χ0) is 25.6. The molecule has 2 aromatic carbocycles. The number of benzene rings is 2. The molecule has 2 heterocycles. The Morgan fingerprint density at radius 1 is 1.05 bits per heavy atom. The molecular weight excluding hydrogens is 468 g/mol. The quantitative estimate of drug-likeness (QED) is 0.339. The number of rotatable bonds is 8. The van der Waals surface area contributed by atoms with E-state index in [1.165, 1.54) is 12.4 Å². The lowest BCUT2D eigenvalue weighted by Crippen LogP contribution is -2.37. The molecule has 3 N–H and O–H groups in total. The summed E-state index contributed by atoms with van der Waals surface area (Å²) in [5.41, 5.74) is 8.69. The van der Waals surface area contributed by atoms with Gasteiger partial charge < -0.3 is 20.5 Å². The van der Waals surface area contributed by atoms with Gasteiger partial charge in [-0.15, -0.1) is 0 Å². The van der Waals surface area contributed by atoms with Crippen molar-refractivity contribution in [3.63, 3.8) is 0 Å². The molecule has 0 aliphatic heterocycles. The van der Waals surface area contributed by atoms with Gasteiger partial charge in [0.2, 0.25) is 5.91 Å². The van der Waals surface area contributed by atoms with Crippen LogP contribution in [0.1, 0.15) is 31.7 Å². The van der Waals surface area contributed by atoms with Gasteiger partial charge >= 0.3 is 0 Å². The summed E-state index contributed by atoms with van der Waals surface area (Å²) in [4.78, 5) is 20.9. The topological polar surface area (TPSA) is 117 Å². The average molecular weight is 499 g/mol. The number of nitrogens with zero attached hydrogens (tertiary/aromatic N) is 4. The van der Waals surface area contributed by atoms with Crippen LogP contribution in [-0.2, 0) is 9.53 Å². The van der Waals surface area contributed by atoms with Crippen LogP contribution >= 0.6 is 0 Å². The van der Waals surface area contributed by atoms with Gasteiger partial charge in [0.15, 0.2) is 5.65 Å². The summed E-state index contributed by atoms with van der Waals surface area (Å²) in [7, 11) is 1.60. The van der Waals surface area contributed by atoms with Gasteiger partial charge in [0.25, 0.3) is 0 Å². The van der Waals surface area contributed by atoms with E-state index in [0.717, 1.165) is 59.5 Å². The molecule has 0 atom stereocenters. The van der Waals surface area contributed by atoms with Crippen molar-refractivity contribution in [3.05, 3.63) is 73.1 Å². The molecule has 1 saturated carbocycles. The van der Waals surface area contributed by atoms with Crippen LogP contribution in [-0.4, -0.2) is 45.4 Å². The zero-order valence-corrected chi connectivity index (χ0v) is 20.7. The Bertz CT molecular complexity index is 1380. The minimum absolute atomic E-state index is 0.0902. The number of ether oxygens (including phenoxy) is 2. The number of aromatic nitrogens is 4. The highest BCUT2D eigenvalue weighted by Gasteiger charge is 2.27. The third-order valence-corrected chi connectivity index (χ3v) is 6.55. The Morgan fingerprint density at radius 3 is 2.51 bits per heavy atom. The smallest absolute Gasteiger partial charge is 0.243 e. The van der Waals surface area contributed by atoms with E-state index in [2.05, 4.69) is 15.3 Å². The molecule has 4 aromatic rings. The van der Waals surface area contributed by atoms with Gasteiger partial charge in [0.05, 0.1) is 18.0 Å². The van der Waals surface area contributed by atoms with Crippen molar-refractivity contribution in [1.82, 2.24) is 25.1 Å². The van der Waals surface area contributed by atoms with E-state index < -0.39 is 0 Å². The number of carbonyl (C=O) groups excluding carboxylic acids is 1. The second-order valence-corrected chi connectivity index (χ2v) is 9.06. The average Bonchev–Trinajstić information content (AvgIpc) is 3.31. The fourth-order valence-corrected chi connectivity index (χ4v) is 4.72. The second kappa shape index (κ2) is 11.2. The summed E-state index contributed by atoms with van der Waals surface area (Å²) in [6.45, 7) is 0.419. The largest absolute Gasteiger partial charge is 0.457 e. The van der Waals surface area contributed by atoms with Crippen LogP contribution in [0.3, 0.4) is 0 Å². The molecule has 1 fully saturated rings. The Kier molecular flexibility index (Phi) is 7.41. The molecule has 2 aromatic heterocycles. The van der Waals surface area contributed by atoms with E-state index in [9.17, 15) is 4.79 Å². The molecule has 9 nitrogen and oxygen atoms in total. The van der Waals surface area contributed by atoms with Gasteiger partial charge in [-0.3, -0.25) is 4.79 Å². The summed E-state index contributed by atoms with van der Waals surface area (Å²) < 4.78 is 12.9. The van der Waals surface area contributed by atoms with E-state index in [1.54, 1.807) is 13.2 Å². The lowest BCUT2D eigenvalue weighted by atomic mass is 9.91. The maximum Gasteiger partial charge on any atom is 0.243 e. The van der Waals surface area contributed by atoms with E-state index in [4.69, 9.17) is 20.3 Å². The maximum absolute atomic E-state index is 12.1. The molecule has 0 saturated heterocycles. The lowest BCUT2D eigenvalue weighted by Gasteiger charge is -2.29. The fraction of sp³-hybridized carbons (Fsp3) is 0.286. The number of nitrogens with one attached hydrogen (secondary N) is 1. The Hall–Kier alpha value is -4.24. The van der Waals surface area contributed by atoms with Gasteiger partial charge in [-0.1, -0.05) is 24.3 Å². The van der Waals surface area contributed by atoms with Gasteiger partial charge in [0.1, 0.15) is 29.3 Å². The molecule has 0 spiro atoms. The van der Waals surface area contributed by atoms with Crippen molar-refractivity contribution in [2.75, 3.05) is 19.5 Å². The van der Waals surface area contributed by atoms with Crippen LogP contribution in [0, 0.1) is 0 Å². The first kappa shape index (κ1) is 24.5. The molecule has 0 unspecified atom stereocenters. The number of methoxy groups -OCH3 is 1. The number of nitrogens with two attached hydrogens (primary N) is 1. The third-order valence-electron chi connectivity index (χ3n) is 6.55. The number of nitrogen functional groups attached to an aromatic ring is 1. The molecule has 1 amide bonds. The number of carbonyl (C=O) groups is 1. The highest BCUT2D eigenvalue weighted by molar-refractivity contribution is 5.98. The Balaban J connectivity index is 1.34. The molecule has 9 heteroatoms. The van der Waals surface area contributed by atoms with Crippen molar-refractivity contribution >= 4 is 22.8 Å². The van der Waals surface area contributed by atoms with E-state index >= 15 is 0 Å². The number of hydrogen-bond acceptors (Lipinski definition) is 7. The third kappa shape index (κ3) is 5.62. The summed E-state index contributed by atoms with van der Waals surface area (Å²) in [6.07, 6.45) is 8.18. The molecule has 0 radical (unpaired) electrons. The SMILES string of the molecule is COC/C=C/C(=O)N[C@H]1CC[C@@H](n2nc(-c3ccc(Oc4ccccc4)cc3)c3c(N)ncnc32)CC1. The maximum atomic E-state index is 12.1. The van der Waals surface area contributed by atoms with Crippen molar-refractivity contribution in [1.29, 1.82) is 0 Å². The normalized spacial score (nSPS) is 17.8. The number of para-hydroxylation sites is 1. The fourth-order valence-electron chi connectivity index (χ4n) is 4.72. The van der Waals surface area contributed by atoms with Crippen LogP contribution < -0.4 is 15.8 Å². The predicted molar refractivity (Wildman–Crippen MR) is 142 cm³/mol. The van der Waals surface area contributed by atoms with E-state index in [1.807, 2.05) is 59.3 Å². The summed E-state index contributed by atoms with van der Waals surface area (Å²) in [6, 6.07) is 17.7. The van der Waals surface area contributed by atoms with Crippen LogP contribution in [0.4, 0.5) is 5.82 Å². The molecule has 0 bridgehead atoms. The van der Waals surface area contributed by atoms with Gasteiger partial charge in [-0.2, -0.15) is 5.10 Å². The standard InChI is InChI=1S/C28H30N6O3/c1-36-17-5-8-24(35)32-20-11-13-21(14-12-20)34-28-25(27(29)30-18-31-28)26(33-34)19-9-15-23(16-10-19)37-22-6-3-2-4-7-22/h2-10,15-16,18,20-21H,11-14,17H2,1H3,(H,32,35)(H2,29,30,31)/b8-5+/t20-,21+. The zero-order valence-electron chi connectivity index (χ0n) is 20.7. The molecular formula is C28H30N6O3. The molecule has 37 heavy (non-hydrogen) atoms. The first-order valence-corrected chi connectivity index (χ1v) is 12.4. The first-order chi connectivity index (χ1) is 18.1. The highest BCUT2D eigenvalue weighted by Crippen LogP contribution is 2.36. The minimum atomic E-state index is -0.0902. The van der Waals surface area contributed by atoms with Crippen LogP contribution in [0.15, 0.2) is 73.1 Å². The Morgan fingerprint density at radius 2 is 1.78 bits per heavy atom. The number of anilines is 1. The minimum Gasteiger partial charge on any atom is -0.457 e. The van der Waals surface area contributed by atoms with Crippen molar-refractivity contribution in [2.45, 2.75) is 37.8 Å². The molecule has 1 aliphatic carbocycles. The van der Waals surface area contributed by atoms with Crippen LogP contribution in [0.2, 0.25) is 0 Å². The number of amides is 1. The van der Waals surface area contributed by atoms with Crippen molar-refractivity contribution in [3.8, 4) is 22.8 Å². The van der Waals surface area contributed by atoms with Crippen molar-refractivity contribution < 1.29 is 14.3 Å². The molecule has 190 valence electrons. The van der Waals surface area contributed by atoms with E-state index in [0.29, 0.717) is 12.4 Å². The van der Waals surface area contributed by atoms with Gasteiger partial charge in [-0.25, -0.2) is 14.6 Å². The summed E-state index contributed by atoms with van der Waals surface area (Å²) in [5.74, 6) is 1.83. The molecule has 1 aliphatic rings. The van der Waals surface area contributed by atoms with Gasteiger partial charge in [0, 0.05) is 24.8 Å². The molecule has 5 rings (SSSR count). The second-order valence-electron chi connectivity index (χ2n) is 9.06. The van der Waals surface area contributed by atoms with Crippen molar-refractivity contribution in [2.24, 2.45) is 0 Å². The monoisotopic (exact) mass is 498 g/mol. The Labute approximate surface area is 215 Å². The first-order valence-electron chi connectivity index (χ1n) is 12.4. The summed E-state index contributed by atoms with van der Waals surface area (Å²) >= 11 is 0. The van der Waals surface area contributed by atoms with Gasteiger partial charge in [-0.05, 0) is 62.1 Å². The highest BCUT2D eigenvalue weighted by atomic mass is 16.5. The van der Waals surface area contributed by atoms with Crippen LogP contribution in [0.25, 0.3) is 22.3 Å². The van der Waals surface area contributed by atoms with E-state index in [-0.39, 0.29) is 18.0 Å². The summed E-state index contributed by atoms with van der Waals surface area (Å²) in [5, 5.41) is 8.80. The number of fused-ring (bicyclic) bond motifs is 1.